The van der Waals surface area contributed by atoms with Gasteiger partial charge in [-0.15, -0.1) is 22.9 Å². The Hall–Kier alpha value is -0.190. The van der Waals surface area contributed by atoms with E-state index in [0.717, 1.165) is 29.9 Å². The predicted octanol–water partition coefficient (Wildman–Crippen LogP) is 4.55. The van der Waals surface area contributed by atoms with Crippen LogP contribution in [0.25, 0.3) is 0 Å². The molecule has 1 amide bonds. The molecule has 116 valence electrons. The second-order valence-electron chi connectivity index (χ2n) is 5.84. The number of amides is 1. The fourth-order valence-electron chi connectivity index (χ4n) is 3.33. The van der Waals surface area contributed by atoms with Gasteiger partial charge >= 0.3 is 0 Å². The van der Waals surface area contributed by atoms with Crippen molar-refractivity contribution in [1.29, 1.82) is 0 Å². The smallest absolute Gasteiger partial charge is 0.264 e. The monoisotopic (exact) mass is 343 g/mol. The molecule has 1 aliphatic carbocycles. The molecule has 0 aromatic carbocycles. The third-order valence-corrected chi connectivity index (χ3v) is 6.84. The number of aryl methyl sites for hydroxylation is 1. The van der Waals surface area contributed by atoms with Gasteiger partial charge in [0.2, 0.25) is 0 Å². The Morgan fingerprint density at radius 2 is 2.14 bits per heavy atom. The number of carbonyl (C=O) groups excluding carboxylic acids is 1. The van der Waals surface area contributed by atoms with Crippen molar-refractivity contribution < 1.29 is 4.79 Å². The van der Waals surface area contributed by atoms with E-state index >= 15 is 0 Å². The van der Waals surface area contributed by atoms with Crippen LogP contribution in [0, 0.1) is 0 Å². The molecule has 2 nitrogen and oxygen atoms in total. The molecule has 5 heteroatoms. The van der Waals surface area contributed by atoms with Crippen LogP contribution >= 0.6 is 34.7 Å². The first-order valence-electron chi connectivity index (χ1n) is 7.86. The maximum atomic E-state index is 12.9. The summed E-state index contributed by atoms with van der Waals surface area (Å²) in [4.78, 5) is 17.3. The van der Waals surface area contributed by atoms with Crippen molar-refractivity contribution in [3.63, 3.8) is 0 Å². The van der Waals surface area contributed by atoms with Crippen LogP contribution in [0.4, 0.5) is 0 Å². The van der Waals surface area contributed by atoms with E-state index in [0.29, 0.717) is 18.5 Å². The molecule has 0 atom stereocenters. The number of rotatable bonds is 4. The van der Waals surface area contributed by atoms with Gasteiger partial charge in [-0.3, -0.25) is 4.79 Å². The van der Waals surface area contributed by atoms with Crippen molar-refractivity contribution in [3.05, 3.63) is 21.4 Å². The van der Waals surface area contributed by atoms with E-state index in [1.165, 1.54) is 35.5 Å². The van der Waals surface area contributed by atoms with Gasteiger partial charge in [-0.05, 0) is 36.6 Å². The molecule has 1 aromatic heterocycles. The topological polar surface area (TPSA) is 20.3 Å². The Kier molecular flexibility index (Phi) is 5.52. The van der Waals surface area contributed by atoms with Crippen LogP contribution in [0.2, 0.25) is 0 Å². The average molecular weight is 344 g/mol. The lowest BCUT2D eigenvalue weighted by Crippen LogP contribution is -2.42. The number of thiophene rings is 1. The minimum atomic E-state index is 0.215. The molecule has 1 fully saturated rings. The molecule has 21 heavy (non-hydrogen) atoms. The molecule has 0 saturated heterocycles. The zero-order chi connectivity index (χ0) is 14.7. The molecule has 0 N–H and O–H groups in total. The molecule has 0 unspecified atom stereocenters. The molecular formula is C16H22ClNOS2. The van der Waals surface area contributed by atoms with E-state index in [4.69, 9.17) is 11.6 Å². The Morgan fingerprint density at radius 1 is 1.33 bits per heavy atom. The molecule has 3 rings (SSSR count). The summed E-state index contributed by atoms with van der Waals surface area (Å²) in [5.74, 6) is 3.00. The van der Waals surface area contributed by atoms with Crippen molar-refractivity contribution in [2.45, 2.75) is 50.3 Å². The zero-order valence-electron chi connectivity index (χ0n) is 12.3. The third-order valence-electron chi connectivity index (χ3n) is 4.44. The molecular weight excluding hydrogens is 322 g/mol. The van der Waals surface area contributed by atoms with Crippen molar-refractivity contribution in [1.82, 2.24) is 4.90 Å². The molecule has 2 heterocycles. The molecule has 2 aliphatic rings. The summed E-state index contributed by atoms with van der Waals surface area (Å²) in [7, 11) is 0. The lowest BCUT2D eigenvalue weighted by Gasteiger charge is -2.33. The summed E-state index contributed by atoms with van der Waals surface area (Å²) >= 11 is 9.64. The first-order chi connectivity index (χ1) is 10.3. The summed E-state index contributed by atoms with van der Waals surface area (Å²) in [5, 5.41) is 0. The fourth-order valence-corrected chi connectivity index (χ4v) is 5.84. The highest BCUT2D eigenvalue weighted by molar-refractivity contribution is 7.98. The molecule has 1 aromatic rings. The largest absolute Gasteiger partial charge is 0.334 e. The number of halogens is 1. The fraction of sp³-hybridized carbons (Fsp3) is 0.688. The van der Waals surface area contributed by atoms with Crippen LogP contribution in [0.5, 0.6) is 0 Å². The van der Waals surface area contributed by atoms with E-state index in [-0.39, 0.29) is 5.91 Å². The van der Waals surface area contributed by atoms with Crippen molar-refractivity contribution in [2.75, 3.05) is 18.2 Å². The summed E-state index contributed by atoms with van der Waals surface area (Å²) in [6, 6.07) is 2.54. The van der Waals surface area contributed by atoms with Gasteiger partial charge in [0, 0.05) is 29.1 Å². The lowest BCUT2D eigenvalue weighted by molar-refractivity contribution is 0.0654. The normalized spacial score (nSPS) is 19.3. The van der Waals surface area contributed by atoms with E-state index in [1.807, 2.05) is 11.8 Å². The van der Waals surface area contributed by atoms with Crippen LogP contribution in [-0.2, 0) is 12.2 Å². The lowest BCUT2D eigenvalue weighted by atomic mass is 9.94. The first kappa shape index (κ1) is 15.7. The second kappa shape index (κ2) is 7.38. The summed E-state index contributed by atoms with van der Waals surface area (Å²) < 4.78 is 0. The summed E-state index contributed by atoms with van der Waals surface area (Å²) in [6.07, 6.45) is 7.20. The zero-order valence-corrected chi connectivity index (χ0v) is 14.7. The van der Waals surface area contributed by atoms with Gasteiger partial charge in [-0.25, -0.2) is 0 Å². The van der Waals surface area contributed by atoms with Gasteiger partial charge in [0.05, 0.1) is 4.88 Å². The van der Waals surface area contributed by atoms with Gasteiger partial charge in [0.15, 0.2) is 0 Å². The second-order valence-corrected chi connectivity index (χ2v) is 8.46. The highest BCUT2D eigenvalue weighted by atomic mass is 35.5. The minimum absolute atomic E-state index is 0.215. The quantitative estimate of drug-likeness (QED) is 0.747. The number of thioether (sulfide) groups is 1. The number of hydrogen-bond donors (Lipinski definition) is 0. The van der Waals surface area contributed by atoms with Gasteiger partial charge in [-0.1, -0.05) is 19.3 Å². The van der Waals surface area contributed by atoms with E-state index in [1.54, 1.807) is 11.3 Å². The average Bonchev–Trinajstić information content (AvgIpc) is 2.97. The summed E-state index contributed by atoms with van der Waals surface area (Å²) in [6.45, 7) is 0.683. The Balaban J connectivity index is 1.77. The standard InChI is InChI=1S/C16H22ClNOS2/c17-7-8-18(13-4-2-1-3-5-13)16(19)15-10-12-11-20-9-6-14(12)21-15/h10,13H,1-9,11H2. The molecule has 0 radical (unpaired) electrons. The van der Waals surface area contributed by atoms with Crippen LogP contribution < -0.4 is 0 Å². The number of carbonyl (C=O) groups is 1. The van der Waals surface area contributed by atoms with Gasteiger partial charge in [0.1, 0.15) is 0 Å². The third kappa shape index (κ3) is 3.59. The van der Waals surface area contributed by atoms with Gasteiger partial charge < -0.3 is 4.90 Å². The van der Waals surface area contributed by atoms with Gasteiger partial charge in [-0.2, -0.15) is 11.8 Å². The van der Waals surface area contributed by atoms with Crippen LogP contribution in [0.15, 0.2) is 6.07 Å². The highest BCUT2D eigenvalue weighted by Gasteiger charge is 2.28. The van der Waals surface area contributed by atoms with E-state index in [2.05, 4.69) is 11.0 Å². The van der Waals surface area contributed by atoms with Crippen molar-refractivity contribution in [3.8, 4) is 0 Å². The number of nitrogens with zero attached hydrogens (tertiary/aromatic N) is 1. The van der Waals surface area contributed by atoms with Crippen molar-refractivity contribution in [2.24, 2.45) is 0 Å². The minimum Gasteiger partial charge on any atom is -0.334 e. The van der Waals surface area contributed by atoms with Gasteiger partial charge in [0.25, 0.3) is 5.91 Å². The number of hydrogen-bond acceptors (Lipinski definition) is 3. The maximum absolute atomic E-state index is 12.9. The molecule has 1 aliphatic heterocycles. The molecule has 0 spiro atoms. The number of fused-ring (bicyclic) bond motifs is 1. The van der Waals surface area contributed by atoms with Crippen LogP contribution in [0.3, 0.4) is 0 Å². The van der Waals surface area contributed by atoms with Crippen LogP contribution in [0.1, 0.15) is 52.2 Å². The Labute approximate surface area is 140 Å². The van der Waals surface area contributed by atoms with Crippen molar-refractivity contribution >= 4 is 40.6 Å². The molecule has 1 saturated carbocycles. The first-order valence-corrected chi connectivity index (χ1v) is 10.4. The van der Waals surface area contributed by atoms with E-state index in [9.17, 15) is 4.79 Å². The highest BCUT2D eigenvalue weighted by Crippen LogP contribution is 2.33. The number of alkyl halides is 1. The Bertz CT molecular complexity index is 473. The van der Waals surface area contributed by atoms with Crippen LogP contribution in [-0.4, -0.2) is 35.0 Å². The maximum Gasteiger partial charge on any atom is 0.264 e. The summed E-state index contributed by atoms with van der Waals surface area (Å²) in [5.41, 5.74) is 1.38. The Morgan fingerprint density at radius 3 is 2.86 bits per heavy atom. The predicted molar refractivity (Wildman–Crippen MR) is 92.8 cm³/mol. The molecule has 0 bridgehead atoms. The SMILES string of the molecule is O=C(c1cc2c(s1)CCSC2)N(CCCl)C1CCCCC1. The van der Waals surface area contributed by atoms with E-state index < -0.39 is 0 Å².